The molecule has 2 aromatic carbocycles. The number of ether oxygens (including phenoxy) is 2. The first-order chi connectivity index (χ1) is 10.1. The lowest BCUT2D eigenvalue weighted by molar-refractivity contribution is 0.242. The number of nitrogens with two attached hydrogens (primary N) is 1. The number of rotatable bonds is 7. The molecule has 0 amide bonds. The maximum atomic E-state index is 5.88. The molecule has 0 aliphatic rings. The minimum absolute atomic E-state index is 0.126. The number of nitrogen functional groups attached to an aromatic ring is 1. The van der Waals surface area contributed by atoms with Crippen molar-refractivity contribution in [1.82, 2.24) is 0 Å². The highest BCUT2D eigenvalue weighted by Gasteiger charge is 2.02. The van der Waals surface area contributed by atoms with Crippen LogP contribution in [0.25, 0.3) is 0 Å². The quantitative estimate of drug-likeness (QED) is 0.604. The van der Waals surface area contributed by atoms with Crippen molar-refractivity contribution in [2.24, 2.45) is 0 Å². The molecule has 3 N–H and O–H groups in total. The van der Waals surface area contributed by atoms with Gasteiger partial charge in [0.1, 0.15) is 18.1 Å². The van der Waals surface area contributed by atoms with Crippen LogP contribution in [0.1, 0.15) is 13.8 Å². The number of para-hydroxylation sites is 1. The van der Waals surface area contributed by atoms with Crippen LogP contribution in [0.15, 0.2) is 48.5 Å². The highest BCUT2D eigenvalue weighted by molar-refractivity contribution is 5.59. The summed E-state index contributed by atoms with van der Waals surface area (Å²) in [5.74, 6) is 1.65. The second kappa shape index (κ2) is 7.43. The van der Waals surface area contributed by atoms with E-state index in [2.05, 4.69) is 5.32 Å². The second-order valence-electron chi connectivity index (χ2n) is 5.05. The van der Waals surface area contributed by atoms with Gasteiger partial charge in [-0.15, -0.1) is 0 Å². The van der Waals surface area contributed by atoms with E-state index in [1.165, 1.54) is 0 Å². The van der Waals surface area contributed by atoms with Crippen molar-refractivity contribution in [2.75, 3.05) is 24.2 Å². The summed E-state index contributed by atoms with van der Waals surface area (Å²) in [5.41, 5.74) is 7.49. The Morgan fingerprint density at radius 2 is 1.81 bits per heavy atom. The van der Waals surface area contributed by atoms with Crippen molar-refractivity contribution in [3.8, 4) is 11.5 Å². The standard InChI is InChI=1S/C17H22N2O2/c1-13(2)21-17-11-14(18)10-15(12-17)19-8-9-20-16-6-4-3-5-7-16/h3-7,10-13,19H,8-9,18H2,1-2H3. The van der Waals surface area contributed by atoms with Gasteiger partial charge >= 0.3 is 0 Å². The van der Waals surface area contributed by atoms with Gasteiger partial charge in [-0.3, -0.25) is 0 Å². The lowest BCUT2D eigenvalue weighted by atomic mass is 10.2. The van der Waals surface area contributed by atoms with Gasteiger partial charge in [-0.25, -0.2) is 0 Å². The van der Waals surface area contributed by atoms with Gasteiger partial charge in [0, 0.05) is 30.1 Å². The first kappa shape index (κ1) is 15.0. The third-order valence-electron chi connectivity index (χ3n) is 2.74. The van der Waals surface area contributed by atoms with Crippen molar-refractivity contribution in [3.63, 3.8) is 0 Å². The summed E-state index contributed by atoms with van der Waals surface area (Å²) in [7, 11) is 0. The third kappa shape index (κ3) is 5.26. The molecule has 112 valence electrons. The predicted octanol–water partition coefficient (Wildman–Crippen LogP) is 3.55. The van der Waals surface area contributed by atoms with E-state index in [4.69, 9.17) is 15.2 Å². The van der Waals surface area contributed by atoms with Crippen molar-refractivity contribution in [2.45, 2.75) is 20.0 Å². The van der Waals surface area contributed by atoms with Crippen molar-refractivity contribution in [1.29, 1.82) is 0 Å². The zero-order valence-corrected chi connectivity index (χ0v) is 12.5. The van der Waals surface area contributed by atoms with Crippen LogP contribution in [0, 0.1) is 0 Å². The summed E-state index contributed by atoms with van der Waals surface area (Å²) in [6.45, 7) is 5.26. The fourth-order valence-electron chi connectivity index (χ4n) is 1.95. The zero-order chi connectivity index (χ0) is 15.1. The predicted molar refractivity (Wildman–Crippen MR) is 87.0 cm³/mol. The molecule has 2 aromatic rings. The van der Waals surface area contributed by atoms with Crippen LogP contribution in [0.3, 0.4) is 0 Å². The van der Waals surface area contributed by atoms with Crippen LogP contribution >= 0.6 is 0 Å². The Labute approximate surface area is 125 Å². The van der Waals surface area contributed by atoms with E-state index in [1.807, 2.05) is 62.4 Å². The smallest absolute Gasteiger partial charge is 0.123 e. The molecule has 4 heteroatoms. The minimum atomic E-state index is 0.126. The minimum Gasteiger partial charge on any atom is -0.492 e. The lowest BCUT2D eigenvalue weighted by Gasteiger charge is -2.13. The third-order valence-corrected chi connectivity index (χ3v) is 2.74. The van der Waals surface area contributed by atoms with E-state index >= 15 is 0 Å². The van der Waals surface area contributed by atoms with E-state index < -0.39 is 0 Å². The van der Waals surface area contributed by atoms with E-state index in [9.17, 15) is 0 Å². The van der Waals surface area contributed by atoms with Gasteiger partial charge in [0.2, 0.25) is 0 Å². The molecule has 0 aliphatic carbocycles. The summed E-state index contributed by atoms with van der Waals surface area (Å²) in [6, 6.07) is 15.4. The van der Waals surface area contributed by atoms with E-state index in [0.29, 0.717) is 18.8 Å². The van der Waals surface area contributed by atoms with Crippen LogP contribution in [0.4, 0.5) is 11.4 Å². The molecule has 0 saturated carbocycles. The number of nitrogens with one attached hydrogen (secondary N) is 1. The maximum absolute atomic E-state index is 5.88. The van der Waals surface area contributed by atoms with Gasteiger partial charge in [-0.2, -0.15) is 0 Å². The van der Waals surface area contributed by atoms with Crippen LogP contribution in [0.2, 0.25) is 0 Å². The molecule has 0 radical (unpaired) electrons. The monoisotopic (exact) mass is 286 g/mol. The van der Waals surface area contributed by atoms with Gasteiger partial charge in [0.15, 0.2) is 0 Å². The number of anilines is 2. The summed E-state index contributed by atoms with van der Waals surface area (Å²) in [6.07, 6.45) is 0.126. The first-order valence-corrected chi connectivity index (χ1v) is 7.12. The van der Waals surface area contributed by atoms with Crippen molar-refractivity contribution >= 4 is 11.4 Å². The van der Waals surface area contributed by atoms with Gasteiger partial charge in [-0.1, -0.05) is 18.2 Å². The molecule has 0 saturated heterocycles. The summed E-state index contributed by atoms with van der Waals surface area (Å²) >= 11 is 0. The molecule has 0 bridgehead atoms. The molecular formula is C17H22N2O2. The number of hydrogen-bond acceptors (Lipinski definition) is 4. The fourth-order valence-corrected chi connectivity index (χ4v) is 1.95. The van der Waals surface area contributed by atoms with Crippen LogP contribution in [0.5, 0.6) is 11.5 Å². The normalized spacial score (nSPS) is 10.4. The highest BCUT2D eigenvalue weighted by atomic mass is 16.5. The van der Waals surface area contributed by atoms with Gasteiger partial charge in [-0.05, 0) is 32.0 Å². The molecule has 0 aliphatic heterocycles. The molecule has 0 spiro atoms. The highest BCUT2D eigenvalue weighted by Crippen LogP contribution is 2.23. The Morgan fingerprint density at radius 3 is 2.52 bits per heavy atom. The topological polar surface area (TPSA) is 56.5 Å². The van der Waals surface area contributed by atoms with Gasteiger partial charge in [0.25, 0.3) is 0 Å². The Bertz CT molecular complexity index is 556. The summed E-state index contributed by atoms with van der Waals surface area (Å²) in [4.78, 5) is 0. The lowest BCUT2D eigenvalue weighted by Crippen LogP contribution is -2.12. The van der Waals surface area contributed by atoms with E-state index in [0.717, 1.165) is 17.2 Å². The van der Waals surface area contributed by atoms with Crippen LogP contribution in [-0.4, -0.2) is 19.3 Å². The summed E-state index contributed by atoms with van der Waals surface area (Å²) < 4.78 is 11.3. The molecule has 0 heterocycles. The largest absolute Gasteiger partial charge is 0.492 e. The Morgan fingerprint density at radius 1 is 1.05 bits per heavy atom. The maximum Gasteiger partial charge on any atom is 0.123 e. The van der Waals surface area contributed by atoms with Crippen LogP contribution < -0.4 is 20.5 Å². The van der Waals surface area contributed by atoms with Crippen LogP contribution in [-0.2, 0) is 0 Å². The Kier molecular flexibility index (Phi) is 5.32. The molecule has 0 atom stereocenters. The molecule has 21 heavy (non-hydrogen) atoms. The molecule has 2 rings (SSSR count). The van der Waals surface area contributed by atoms with E-state index in [-0.39, 0.29) is 6.10 Å². The molecular weight excluding hydrogens is 264 g/mol. The Hall–Kier alpha value is -2.36. The van der Waals surface area contributed by atoms with E-state index in [1.54, 1.807) is 0 Å². The fraction of sp³-hybridized carbons (Fsp3) is 0.294. The molecule has 0 aromatic heterocycles. The Balaban J connectivity index is 1.84. The number of hydrogen-bond donors (Lipinski definition) is 2. The number of benzene rings is 2. The van der Waals surface area contributed by atoms with Crippen molar-refractivity contribution in [3.05, 3.63) is 48.5 Å². The van der Waals surface area contributed by atoms with Gasteiger partial charge < -0.3 is 20.5 Å². The second-order valence-corrected chi connectivity index (χ2v) is 5.05. The average Bonchev–Trinajstić information content (AvgIpc) is 2.43. The zero-order valence-electron chi connectivity index (χ0n) is 12.5. The van der Waals surface area contributed by atoms with Crippen molar-refractivity contribution < 1.29 is 9.47 Å². The molecule has 4 nitrogen and oxygen atoms in total. The van der Waals surface area contributed by atoms with Gasteiger partial charge in [0.05, 0.1) is 6.10 Å². The SMILES string of the molecule is CC(C)Oc1cc(N)cc(NCCOc2ccccc2)c1. The first-order valence-electron chi connectivity index (χ1n) is 7.12. The summed E-state index contributed by atoms with van der Waals surface area (Å²) in [5, 5.41) is 3.28. The molecule has 0 fully saturated rings. The average molecular weight is 286 g/mol. The molecule has 0 unspecified atom stereocenters.